The third-order valence-corrected chi connectivity index (χ3v) is 3.19. The fourth-order valence-corrected chi connectivity index (χ4v) is 2.21. The zero-order valence-electron chi connectivity index (χ0n) is 7.31. The van der Waals surface area contributed by atoms with Gasteiger partial charge in [-0.05, 0) is 12.1 Å². The lowest BCUT2D eigenvalue weighted by Gasteiger charge is -2.07. The van der Waals surface area contributed by atoms with Crippen molar-refractivity contribution in [1.29, 1.82) is 5.26 Å². The van der Waals surface area contributed by atoms with Crippen LogP contribution in [0.1, 0.15) is 11.1 Å². The molecule has 0 amide bonds. The van der Waals surface area contributed by atoms with Crippen LogP contribution in [0.4, 0.5) is 0 Å². The lowest BCUT2D eigenvalue weighted by molar-refractivity contribution is 0.271. The second-order valence-corrected chi connectivity index (χ2v) is 5.18. The van der Waals surface area contributed by atoms with Crippen molar-refractivity contribution in [3.63, 3.8) is 0 Å². The molecule has 0 radical (unpaired) electrons. The number of rotatable bonds is 2. The molecule has 0 saturated heterocycles. The van der Waals surface area contributed by atoms with Crippen molar-refractivity contribution in [3.05, 3.63) is 23.3 Å². The molecule has 0 heterocycles. The number of hydrogen-bond acceptors (Lipinski definition) is 5. The van der Waals surface area contributed by atoms with E-state index in [1.165, 1.54) is 0 Å². The first-order chi connectivity index (χ1) is 6.91. The highest BCUT2D eigenvalue weighted by Crippen LogP contribution is 2.30. The molecule has 0 unspecified atom stereocenters. The van der Waals surface area contributed by atoms with Gasteiger partial charge in [0.15, 0.2) is 0 Å². The van der Waals surface area contributed by atoms with E-state index in [0.29, 0.717) is 0 Å². The molecule has 7 heteroatoms. The topological polar surface area (TPSA) is 98.4 Å². The number of aromatic hydroxyl groups is 1. The fourth-order valence-electron chi connectivity index (χ4n) is 1.09. The van der Waals surface area contributed by atoms with Crippen LogP contribution in [-0.2, 0) is 15.7 Å². The molecule has 0 bridgehead atoms. The van der Waals surface area contributed by atoms with Gasteiger partial charge in [-0.2, -0.15) is 5.26 Å². The molecule has 80 valence electrons. The minimum absolute atomic E-state index is 0.122. The first-order valence-electron chi connectivity index (χ1n) is 3.72. The van der Waals surface area contributed by atoms with E-state index in [2.05, 4.69) is 0 Å². The van der Waals surface area contributed by atoms with Crippen LogP contribution in [0.5, 0.6) is 5.75 Å². The SMILES string of the molecule is N#Cc1ccc(S(=O)(=O)Cl)c(CO)c1O. The molecule has 0 aliphatic rings. The highest BCUT2D eigenvalue weighted by Gasteiger charge is 2.20. The Morgan fingerprint density at radius 2 is 2.07 bits per heavy atom. The number of halogens is 1. The lowest BCUT2D eigenvalue weighted by atomic mass is 10.1. The molecule has 1 aromatic carbocycles. The van der Waals surface area contributed by atoms with Gasteiger partial charge in [-0.3, -0.25) is 0 Å². The Morgan fingerprint density at radius 3 is 2.47 bits per heavy atom. The summed E-state index contributed by atoms with van der Waals surface area (Å²) in [4.78, 5) is -0.400. The van der Waals surface area contributed by atoms with Crippen LogP contribution < -0.4 is 0 Å². The molecule has 1 rings (SSSR count). The van der Waals surface area contributed by atoms with Gasteiger partial charge in [-0.15, -0.1) is 0 Å². The Labute approximate surface area is 90.6 Å². The van der Waals surface area contributed by atoms with Gasteiger partial charge in [0.25, 0.3) is 9.05 Å². The van der Waals surface area contributed by atoms with E-state index in [-0.39, 0.29) is 11.1 Å². The highest BCUT2D eigenvalue weighted by atomic mass is 35.7. The van der Waals surface area contributed by atoms with Crippen LogP contribution in [0.3, 0.4) is 0 Å². The number of nitrogens with zero attached hydrogens (tertiary/aromatic N) is 1. The Balaban J connectivity index is 3.61. The fraction of sp³-hybridized carbons (Fsp3) is 0.125. The summed E-state index contributed by atoms with van der Waals surface area (Å²) in [5.41, 5.74) is -0.396. The van der Waals surface area contributed by atoms with Crippen molar-refractivity contribution < 1.29 is 18.6 Å². The number of nitriles is 1. The zero-order valence-corrected chi connectivity index (χ0v) is 8.88. The lowest BCUT2D eigenvalue weighted by Crippen LogP contribution is -1.99. The molecule has 15 heavy (non-hydrogen) atoms. The monoisotopic (exact) mass is 247 g/mol. The van der Waals surface area contributed by atoms with Crippen LogP contribution >= 0.6 is 10.7 Å². The van der Waals surface area contributed by atoms with E-state index >= 15 is 0 Å². The minimum Gasteiger partial charge on any atom is -0.506 e. The first kappa shape index (κ1) is 11.8. The molecule has 0 spiro atoms. The Bertz CT molecular complexity index is 532. The number of hydrogen-bond donors (Lipinski definition) is 2. The predicted molar refractivity (Wildman–Crippen MR) is 51.8 cm³/mol. The van der Waals surface area contributed by atoms with Crippen molar-refractivity contribution in [2.24, 2.45) is 0 Å². The second kappa shape index (κ2) is 4.06. The van der Waals surface area contributed by atoms with Gasteiger partial charge >= 0.3 is 0 Å². The van der Waals surface area contributed by atoms with E-state index in [9.17, 15) is 13.5 Å². The van der Waals surface area contributed by atoms with Crippen molar-refractivity contribution in [2.75, 3.05) is 0 Å². The number of aliphatic hydroxyl groups excluding tert-OH is 1. The summed E-state index contributed by atoms with van der Waals surface area (Å²) in [5, 5.41) is 26.9. The summed E-state index contributed by atoms with van der Waals surface area (Å²) < 4.78 is 22.0. The molecule has 0 saturated carbocycles. The van der Waals surface area contributed by atoms with Crippen LogP contribution in [0.2, 0.25) is 0 Å². The Morgan fingerprint density at radius 1 is 1.47 bits per heavy atom. The minimum atomic E-state index is -4.05. The van der Waals surface area contributed by atoms with Gasteiger partial charge in [0.2, 0.25) is 0 Å². The molecule has 5 nitrogen and oxygen atoms in total. The molecular formula is C8H6ClNO4S. The number of aliphatic hydroxyl groups is 1. The van der Waals surface area contributed by atoms with Gasteiger partial charge < -0.3 is 10.2 Å². The standard InChI is InChI=1S/C8H6ClNO4S/c9-15(13,14)7-2-1-5(3-10)8(12)6(7)4-11/h1-2,11-12H,4H2. The third kappa shape index (κ3) is 2.21. The molecule has 0 atom stereocenters. The smallest absolute Gasteiger partial charge is 0.261 e. The second-order valence-electron chi connectivity index (χ2n) is 2.65. The summed E-state index contributed by atoms with van der Waals surface area (Å²) in [6.45, 7) is -0.720. The van der Waals surface area contributed by atoms with Crippen LogP contribution in [0.15, 0.2) is 17.0 Å². The molecule has 2 N–H and O–H groups in total. The maximum Gasteiger partial charge on any atom is 0.261 e. The van der Waals surface area contributed by atoms with Crippen molar-refractivity contribution in [2.45, 2.75) is 11.5 Å². The van der Waals surface area contributed by atoms with Gasteiger partial charge in [-0.1, -0.05) is 0 Å². The Kier molecular flexibility index (Phi) is 3.19. The van der Waals surface area contributed by atoms with E-state index in [4.69, 9.17) is 21.1 Å². The van der Waals surface area contributed by atoms with Crippen molar-refractivity contribution >= 4 is 19.7 Å². The average molecular weight is 248 g/mol. The van der Waals surface area contributed by atoms with E-state index < -0.39 is 26.3 Å². The van der Waals surface area contributed by atoms with Gasteiger partial charge in [-0.25, -0.2) is 8.42 Å². The van der Waals surface area contributed by atoms with E-state index in [1.807, 2.05) is 0 Å². The van der Waals surface area contributed by atoms with Crippen LogP contribution in [-0.4, -0.2) is 18.6 Å². The van der Waals surface area contributed by atoms with Gasteiger partial charge in [0.05, 0.1) is 17.1 Å². The van der Waals surface area contributed by atoms with Crippen LogP contribution in [0.25, 0.3) is 0 Å². The molecular weight excluding hydrogens is 242 g/mol. The summed E-state index contributed by atoms with van der Waals surface area (Å²) in [6.07, 6.45) is 0. The highest BCUT2D eigenvalue weighted by molar-refractivity contribution is 8.13. The van der Waals surface area contributed by atoms with E-state index in [1.54, 1.807) is 6.07 Å². The maximum atomic E-state index is 11.0. The van der Waals surface area contributed by atoms with Gasteiger partial charge in [0, 0.05) is 16.2 Å². The quantitative estimate of drug-likeness (QED) is 0.749. The summed E-state index contributed by atoms with van der Waals surface area (Å²) in [7, 11) is 1.03. The van der Waals surface area contributed by atoms with Gasteiger partial charge in [0.1, 0.15) is 11.8 Å². The van der Waals surface area contributed by atoms with Crippen molar-refractivity contribution in [1.82, 2.24) is 0 Å². The first-order valence-corrected chi connectivity index (χ1v) is 6.03. The summed E-state index contributed by atoms with van der Waals surface area (Å²) in [6, 6.07) is 3.83. The zero-order chi connectivity index (χ0) is 11.6. The predicted octanol–water partition coefficient (Wildman–Crippen LogP) is 0.684. The largest absolute Gasteiger partial charge is 0.506 e. The molecule has 0 fully saturated rings. The van der Waals surface area contributed by atoms with Crippen LogP contribution in [0, 0.1) is 11.3 Å². The number of benzene rings is 1. The van der Waals surface area contributed by atoms with Crippen molar-refractivity contribution in [3.8, 4) is 11.8 Å². The normalized spacial score (nSPS) is 11.0. The molecule has 0 aromatic heterocycles. The molecule has 0 aliphatic heterocycles. The number of phenols is 1. The summed E-state index contributed by atoms with van der Waals surface area (Å²) in [5.74, 6) is -0.568. The molecule has 0 aliphatic carbocycles. The Hall–Kier alpha value is -1.29. The third-order valence-electron chi connectivity index (χ3n) is 1.78. The van der Waals surface area contributed by atoms with E-state index in [0.717, 1.165) is 12.1 Å². The summed E-state index contributed by atoms with van der Waals surface area (Å²) >= 11 is 0. The maximum absolute atomic E-state index is 11.0. The molecule has 1 aromatic rings. The average Bonchev–Trinajstić information content (AvgIpc) is 2.15.